The summed E-state index contributed by atoms with van der Waals surface area (Å²) in [5.41, 5.74) is 4.05. The number of nitrogens with one attached hydrogen (secondary N) is 1. The van der Waals surface area contributed by atoms with Gasteiger partial charge in [-0.25, -0.2) is 0 Å². The predicted molar refractivity (Wildman–Crippen MR) is 58.8 cm³/mol. The van der Waals surface area contributed by atoms with Crippen molar-refractivity contribution >= 4 is 5.57 Å². The van der Waals surface area contributed by atoms with Crippen molar-refractivity contribution in [2.24, 2.45) is 0 Å². The van der Waals surface area contributed by atoms with Crippen LogP contribution in [0.5, 0.6) is 0 Å². The van der Waals surface area contributed by atoms with E-state index in [4.69, 9.17) is 0 Å². The molecule has 0 aliphatic rings. The fourth-order valence-corrected chi connectivity index (χ4v) is 1.48. The number of hydrogen-bond acceptors (Lipinski definition) is 1. The number of aryl methyl sites for hydroxylation is 1. The van der Waals surface area contributed by atoms with Gasteiger partial charge >= 0.3 is 0 Å². The zero-order chi connectivity index (χ0) is 9.68. The van der Waals surface area contributed by atoms with Gasteiger partial charge in [0, 0.05) is 6.54 Å². The van der Waals surface area contributed by atoms with Crippen LogP contribution in [0.15, 0.2) is 30.3 Å². The van der Waals surface area contributed by atoms with Crippen molar-refractivity contribution in [1.82, 2.24) is 5.32 Å². The topological polar surface area (TPSA) is 12.0 Å². The van der Waals surface area contributed by atoms with E-state index >= 15 is 0 Å². The average molecular weight is 175 g/mol. The SMILES string of the molecule is C/C=C(/CNC)c1ccccc1C. The number of hydrogen-bond donors (Lipinski definition) is 1. The van der Waals surface area contributed by atoms with Crippen LogP contribution in [0, 0.1) is 6.92 Å². The van der Waals surface area contributed by atoms with Gasteiger partial charge in [0.1, 0.15) is 0 Å². The van der Waals surface area contributed by atoms with Gasteiger partial charge < -0.3 is 5.32 Å². The molecule has 0 radical (unpaired) electrons. The van der Waals surface area contributed by atoms with E-state index in [1.807, 2.05) is 7.05 Å². The molecule has 1 N–H and O–H groups in total. The maximum atomic E-state index is 3.18. The summed E-state index contributed by atoms with van der Waals surface area (Å²) in [6, 6.07) is 8.48. The minimum Gasteiger partial charge on any atom is -0.316 e. The average Bonchev–Trinajstić information content (AvgIpc) is 2.16. The molecule has 0 fully saturated rings. The van der Waals surface area contributed by atoms with E-state index in [1.165, 1.54) is 16.7 Å². The Hall–Kier alpha value is -1.08. The lowest BCUT2D eigenvalue weighted by molar-refractivity contribution is 0.929. The Morgan fingerprint density at radius 1 is 1.38 bits per heavy atom. The molecule has 0 saturated heterocycles. The Morgan fingerprint density at radius 3 is 2.62 bits per heavy atom. The third kappa shape index (κ3) is 2.43. The largest absolute Gasteiger partial charge is 0.316 e. The van der Waals surface area contributed by atoms with Crippen molar-refractivity contribution in [2.75, 3.05) is 13.6 Å². The molecule has 1 aromatic carbocycles. The molecule has 0 spiro atoms. The molecule has 13 heavy (non-hydrogen) atoms. The monoisotopic (exact) mass is 175 g/mol. The Morgan fingerprint density at radius 2 is 2.08 bits per heavy atom. The van der Waals surface area contributed by atoms with Crippen molar-refractivity contribution in [1.29, 1.82) is 0 Å². The molecule has 0 aliphatic heterocycles. The van der Waals surface area contributed by atoms with Gasteiger partial charge in [0.05, 0.1) is 0 Å². The maximum Gasteiger partial charge on any atom is 0.0205 e. The molecule has 0 bridgehead atoms. The molecule has 0 saturated carbocycles. The van der Waals surface area contributed by atoms with Crippen LogP contribution in [0.2, 0.25) is 0 Å². The van der Waals surface area contributed by atoms with Gasteiger partial charge in [-0.15, -0.1) is 0 Å². The summed E-state index contributed by atoms with van der Waals surface area (Å²) in [5.74, 6) is 0. The molecule has 0 amide bonds. The van der Waals surface area contributed by atoms with Crippen LogP contribution in [-0.4, -0.2) is 13.6 Å². The van der Waals surface area contributed by atoms with Crippen LogP contribution in [-0.2, 0) is 0 Å². The van der Waals surface area contributed by atoms with Crippen LogP contribution in [0.25, 0.3) is 5.57 Å². The van der Waals surface area contributed by atoms with Gasteiger partial charge in [-0.2, -0.15) is 0 Å². The Balaban J connectivity index is 2.99. The van der Waals surface area contributed by atoms with Crippen molar-refractivity contribution in [3.8, 4) is 0 Å². The number of allylic oxidation sites excluding steroid dienone is 1. The lowest BCUT2D eigenvalue weighted by Gasteiger charge is -2.09. The lowest BCUT2D eigenvalue weighted by Crippen LogP contribution is -2.10. The molecule has 0 heterocycles. The molecular weight excluding hydrogens is 158 g/mol. The quantitative estimate of drug-likeness (QED) is 0.744. The van der Waals surface area contributed by atoms with Crippen LogP contribution < -0.4 is 5.32 Å². The molecule has 0 atom stereocenters. The summed E-state index contributed by atoms with van der Waals surface area (Å²) < 4.78 is 0. The van der Waals surface area contributed by atoms with Gasteiger partial charge in [-0.1, -0.05) is 30.3 Å². The van der Waals surface area contributed by atoms with Gasteiger partial charge in [-0.05, 0) is 37.6 Å². The van der Waals surface area contributed by atoms with Crippen molar-refractivity contribution in [3.05, 3.63) is 41.5 Å². The minimum atomic E-state index is 0.932. The molecule has 1 heteroatoms. The normalized spacial score (nSPS) is 11.8. The summed E-state index contributed by atoms with van der Waals surface area (Å²) in [7, 11) is 1.97. The molecule has 0 unspecified atom stereocenters. The zero-order valence-electron chi connectivity index (χ0n) is 8.59. The van der Waals surface area contributed by atoms with Crippen LogP contribution in [0.3, 0.4) is 0 Å². The highest BCUT2D eigenvalue weighted by Crippen LogP contribution is 2.17. The second-order valence-electron chi connectivity index (χ2n) is 3.16. The summed E-state index contributed by atoms with van der Waals surface area (Å²) in [4.78, 5) is 0. The molecule has 0 aromatic heterocycles. The highest BCUT2D eigenvalue weighted by molar-refractivity contribution is 5.69. The fraction of sp³-hybridized carbons (Fsp3) is 0.333. The predicted octanol–water partition coefficient (Wildman–Crippen LogP) is 2.62. The maximum absolute atomic E-state index is 3.18. The molecule has 70 valence electrons. The summed E-state index contributed by atoms with van der Waals surface area (Å²) in [5, 5.41) is 3.18. The first-order valence-electron chi connectivity index (χ1n) is 4.65. The number of likely N-dealkylation sites (N-methyl/N-ethyl adjacent to an activating group) is 1. The van der Waals surface area contributed by atoms with Crippen LogP contribution in [0.4, 0.5) is 0 Å². The Kier molecular flexibility index (Phi) is 3.71. The van der Waals surface area contributed by atoms with Gasteiger partial charge in [0.15, 0.2) is 0 Å². The van der Waals surface area contributed by atoms with E-state index < -0.39 is 0 Å². The van der Waals surface area contributed by atoms with Crippen LogP contribution in [0.1, 0.15) is 18.1 Å². The van der Waals surface area contributed by atoms with E-state index in [0.29, 0.717) is 0 Å². The second-order valence-corrected chi connectivity index (χ2v) is 3.16. The molecular formula is C12H17N. The summed E-state index contributed by atoms with van der Waals surface area (Å²) >= 11 is 0. The highest BCUT2D eigenvalue weighted by Gasteiger charge is 2.01. The van der Waals surface area contributed by atoms with Crippen molar-refractivity contribution in [2.45, 2.75) is 13.8 Å². The zero-order valence-corrected chi connectivity index (χ0v) is 8.59. The minimum absolute atomic E-state index is 0.932. The molecule has 1 nitrogen and oxygen atoms in total. The Labute approximate surface area is 80.5 Å². The van der Waals surface area contributed by atoms with E-state index in [1.54, 1.807) is 0 Å². The van der Waals surface area contributed by atoms with E-state index in [9.17, 15) is 0 Å². The first-order chi connectivity index (χ1) is 6.29. The van der Waals surface area contributed by atoms with Gasteiger partial charge in [0.2, 0.25) is 0 Å². The Bertz CT molecular complexity index is 300. The van der Waals surface area contributed by atoms with E-state index in [0.717, 1.165) is 6.54 Å². The standard InChI is InChI=1S/C12H17N/c1-4-11(9-13-3)12-8-6-5-7-10(12)2/h4-8,13H,9H2,1-3H3/b11-4-. The fourth-order valence-electron chi connectivity index (χ4n) is 1.48. The first kappa shape index (κ1) is 10.0. The second kappa shape index (κ2) is 4.83. The summed E-state index contributed by atoms with van der Waals surface area (Å²) in [6.07, 6.45) is 2.17. The third-order valence-electron chi connectivity index (χ3n) is 2.21. The van der Waals surface area contributed by atoms with Crippen molar-refractivity contribution in [3.63, 3.8) is 0 Å². The number of benzene rings is 1. The smallest absolute Gasteiger partial charge is 0.0205 e. The first-order valence-corrected chi connectivity index (χ1v) is 4.65. The molecule has 0 aliphatic carbocycles. The third-order valence-corrected chi connectivity index (χ3v) is 2.21. The van der Waals surface area contributed by atoms with Gasteiger partial charge in [-0.3, -0.25) is 0 Å². The highest BCUT2D eigenvalue weighted by atomic mass is 14.8. The van der Waals surface area contributed by atoms with Gasteiger partial charge in [0.25, 0.3) is 0 Å². The molecule has 1 rings (SSSR count). The van der Waals surface area contributed by atoms with E-state index in [2.05, 4.69) is 49.5 Å². The summed E-state index contributed by atoms with van der Waals surface area (Å²) in [6.45, 7) is 5.16. The van der Waals surface area contributed by atoms with E-state index in [-0.39, 0.29) is 0 Å². The molecule has 1 aromatic rings. The van der Waals surface area contributed by atoms with Crippen LogP contribution >= 0.6 is 0 Å². The lowest BCUT2D eigenvalue weighted by atomic mass is 10.0. The van der Waals surface area contributed by atoms with Crippen molar-refractivity contribution < 1.29 is 0 Å². The number of rotatable bonds is 3.